The van der Waals surface area contributed by atoms with Crippen molar-refractivity contribution in [3.63, 3.8) is 0 Å². The summed E-state index contributed by atoms with van der Waals surface area (Å²) in [6.07, 6.45) is 5.92. The van der Waals surface area contributed by atoms with E-state index < -0.39 is 0 Å². The quantitative estimate of drug-likeness (QED) is 0.851. The van der Waals surface area contributed by atoms with Crippen LogP contribution in [0.15, 0.2) is 17.1 Å². The van der Waals surface area contributed by atoms with E-state index in [0.717, 1.165) is 37.1 Å². The van der Waals surface area contributed by atoms with Gasteiger partial charge in [0, 0.05) is 12.1 Å². The first-order valence-electron chi connectivity index (χ1n) is 6.69. The maximum atomic E-state index is 12.1. The molecule has 5 heteroatoms. The maximum Gasteiger partial charge on any atom is 0.326 e. The van der Waals surface area contributed by atoms with E-state index in [-0.39, 0.29) is 11.7 Å². The molecule has 3 rings (SSSR count). The lowest BCUT2D eigenvalue weighted by Crippen LogP contribution is -2.25. The van der Waals surface area contributed by atoms with Crippen LogP contribution < -0.4 is 5.69 Å². The van der Waals surface area contributed by atoms with Crippen molar-refractivity contribution in [1.82, 2.24) is 14.5 Å². The minimum absolute atomic E-state index is 0.0913. The third-order valence-electron chi connectivity index (χ3n) is 4.07. The number of aromatic nitrogens is 3. The van der Waals surface area contributed by atoms with E-state index in [9.17, 15) is 4.79 Å². The van der Waals surface area contributed by atoms with E-state index in [1.54, 1.807) is 12.3 Å². The van der Waals surface area contributed by atoms with Gasteiger partial charge in [0.25, 0.3) is 0 Å². The number of fused-ring (bicyclic) bond motifs is 1. The highest BCUT2D eigenvalue weighted by molar-refractivity contribution is 5.75. The number of hydrogen-bond donors (Lipinski definition) is 1. The summed E-state index contributed by atoms with van der Waals surface area (Å²) in [6, 6.07) is 3.97. The molecule has 1 fully saturated rings. The summed E-state index contributed by atoms with van der Waals surface area (Å²) < 4.78 is 1.81. The van der Waals surface area contributed by atoms with Crippen LogP contribution in [0.5, 0.6) is 0 Å². The van der Waals surface area contributed by atoms with Crippen LogP contribution in [0.2, 0.25) is 0 Å². The van der Waals surface area contributed by atoms with Crippen LogP contribution in [0, 0.1) is 17.2 Å². The van der Waals surface area contributed by atoms with Crippen molar-refractivity contribution in [1.29, 1.82) is 5.26 Å². The average molecular weight is 256 g/mol. The molecule has 0 aromatic carbocycles. The summed E-state index contributed by atoms with van der Waals surface area (Å²) in [5, 5.41) is 8.93. The lowest BCUT2D eigenvalue weighted by molar-refractivity contribution is 0.290. The van der Waals surface area contributed by atoms with Gasteiger partial charge in [-0.1, -0.05) is 6.92 Å². The number of imidazole rings is 1. The molecule has 2 aromatic heterocycles. The van der Waals surface area contributed by atoms with Crippen LogP contribution in [0.3, 0.4) is 0 Å². The molecular formula is C14H16N4O. The monoisotopic (exact) mass is 256 g/mol. The van der Waals surface area contributed by atoms with Gasteiger partial charge in [0.2, 0.25) is 0 Å². The number of rotatable bonds is 1. The predicted molar refractivity (Wildman–Crippen MR) is 71.7 cm³/mol. The number of aromatic amines is 1. The van der Waals surface area contributed by atoms with Crippen molar-refractivity contribution >= 4 is 11.0 Å². The minimum atomic E-state index is -0.0913. The first-order chi connectivity index (χ1) is 9.19. The number of nitriles is 1. The molecule has 98 valence electrons. The van der Waals surface area contributed by atoms with Crippen molar-refractivity contribution in [2.45, 2.75) is 38.6 Å². The van der Waals surface area contributed by atoms with Gasteiger partial charge in [0.05, 0.1) is 17.2 Å². The minimum Gasteiger partial charge on any atom is -0.304 e. The Hall–Kier alpha value is -2.09. The van der Waals surface area contributed by atoms with Gasteiger partial charge in [-0.3, -0.25) is 4.57 Å². The number of nitrogens with zero attached hydrogens (tertiary/aromatic N) is 3. The van der Waals surface area contributed by atoms with E-state index in [4.69, 9.17) is 5.26 Å². The second kappa shape index (κ2) is 4.54. The second-order valence-corrected chi connectivity index (χ2v) is 5.41. The summed E-state index contributed by atoms with van der Waals surface area (Å²) in [5.41, 5.74) is 1.77. The van der Waals surface area contributed by atoms with Gasteiger partial charge in [-0.05, 0) is 31.6 Å². The largest absolute Gasteiger partial charge is 0.326 e. The first kappa shape index (κ1) is 12.0. The van der Waals surface area contributed by atoms with Crippen LogP contribution >= 0.6 is 0 Å². The van der Waals surface area contributed by atoms with Crippen LogP contribution in [-0.4, -0.2) is 14.5 Å². The average Bonchev–Trinajstić information content (AvgIpc) is 2.75. The van der Waals surface area contributed by atoms with Crippen molar-refractivity contribution in [2.24, 2.45) is 5.92 Å². The maximum absolute atomic E-state index is 12.1. The number of pyridine rings is 1. The Kier molecular flexibility index (Phi) is 2.86. The van der Waals surface area contributed by atoms with Crippen LogP contribution in [0.25, 0.3) is 11.0 Å². The fourth-order valence-corrected chi connectivity index (χ4v) is 2.95. The predicted octanol–water partition coefficient (Wildman–Crippen LogP) is 2.35. The molecule has 0 aliphatic heterocycles. The molecule has 0 unspecified atom stereocenters. The second-order valence-electron chi connectivity index (χ2n) is 5.41. The van der Waals surface area contributed by atoms with Gasteiger partial charge in [-0.25, -0.2) is 9.78 Å². The topological polar surface area (TPSA) is 74.5 Å². The highest BCUT2D eigenvalue weighted by Gasteiger charge is 2.23. The molecule has 0 atom stereocenters. The number of H-pyrrole nitrogens is 1. The molecule has 19 heavy (non-hydrogen) atoms. The molecule has 1 saturated carbocycles. The van der Waals surface area contributed by atoms with E-state index >= 15 is 0 Å². The number of nitrogens with one attached hydrogen (secondary N) is 1. The zero-order valence-corrected chi connectivity index (χ0v) is 10.9. The third-order valence-corrected chi connectivity index (χ3v) is 4.07. The standard InChI is InChI=1S/C14H16N4O/c1-9-2-4-11(5-3-9)18-13-6-10(7-15)16-8-12(13)17-14(18)19/h6,8-9,11H,2-5H2,1H3,(H,17,19). The van der Waals surface area contributed by atoms with Gasteiger partial charge in [0.15, 0.2) is 0 Å². The van der Waals surface area contributed by atoms with Gasteiger partial charge in [-0.15, -0.1) is 0 Å². The SMILES string of the molecule is CC1CCC(n2c(=O)[nH]c3cnc(C#N)cc32)CC1. The fraction of sp³-hybridized carbons (Fsp3) is 0.500. The molecule has 5 nitrogen and oxygen atoms in total. The Balaban J connectivity index is 2.09. The van der Waals surface area contributed by atoms with Gasteiger partial charge in [0.1, 0.15) is 11.8 Å². The highest BCUT2D eigenvalue weighted by Crippen LogP contribution is 2.32. The normalized spacial score (nSPS) is 23.4. The molecule has 2 aromatic rings. The Bertz CT molecular complexity index is 698. The summed E-state index contributed by atoms with van der Waals surface area (Å²) in [6.45, 7) is 2.26. The molecule has 1 aliphatic rings. The van der Waals surface area contributed by atoms with Crippen molar-refractivity contribution in [3.8, 4) is 6.07 Å². The molecule has 0 spiro atoms. The number of hydrogen-bond acceptors (Lipinski definition) is 3. The summed E-state index contributed by atoms with van der Waals surface area (Å²) >= 11 is 0. The molecule has 0 saturated heterocycles. The van der Waals surface area contributed by atoms with E-state index in [2.05, 4.69) is 16.9 Å². The summed E-state index contributed by atoms with van der Waals surface area (Å²) in [4.78, 5) is 18.9. The molecule has 0 bridgehead atoms. The molecule has 1 N–H and O–H groups in total. The lowest BCUT2D eigenvalue weighted by atomic mass is 9.87. The van der Waals surface area contributed by atoms with E-state index in [0.29, 0.717) is 11.2 Å². The summed E-state index contributed by atoms with van der Waals surface area (Å²) in [5.74, 6) is 0.744. The van der Waals surface area contributed by atoms with E-state index in [1.807, 2.05) is 10.6 Å². The highest BCUT2D eigenvalue weighted by atomic mass is 16.1. The molecule has 0 radical (unpaired) electrons. The zero-order chi connectivity index (χ0) is 13.4. The van der Waals surface area contributed by atoms with Crippen molar-refractivity contribution in [3.05, 3.63) is 28.4 Å². The van der Waals surface area contributed by atoms with Crippen molar-refractivity contribution < 1.29 is 0 Å². The zero-order valence-electron chi connectivity index (χ0n) is 10.9. The smallest absolute Gasteiger partial charge is 0.304 e. The van der Waals surface area contributed by atoms with Gasteiger partial charge >= 0.3 is 5.69 Å². The van der Waals surface area contributed by atoms with Gasteiger partial charge < -0.3 is 4.98 Å². The van der Waals surface area contributed by atoms with Crippen LogP contribution in [0.1, 0.15) is 44.3 Å². The Labute approximate surface area is 110 Å². The van der Waals surface area contributed by atoms with Crippen LogP contribution in [-0.2, 0) is 0 Å². The lowest BCUT2D eigenvalue weighted by Gasteiger charge is -2.27. The summed E-state index contributed by atoms with van der Waals surface area (Å²) in [7, 11) is 0. The van der Waals surface area contributed by atoms with Gasteiger partial charge in [-0.2, -0.15) is 5.26 Å². The Morgan fingerprint density at radius 1 is 1.42 bits per heavy atom. The third kappa shape index (κ3) is 2.03. The molecule has 1 aliphatic carbocycles. The molecular weight excluding hydrogens is 240 g/mol. The first-order valence-corrected chi connectivity index (χ1v) is 6.69. The fourth-order valence-electron chi connectivity index (χ4n) is 2.95. The Morgan fingerprint density at radius 2 is 2.16 bits per heavy atom. The molecule has 0 amide bonds. The van der Waals surface area contributed by atoms with Crippen LogP contribution in [0.4, 0.5) is 0 Å². The molecule has 2 heterocycles. The van der Waals surface area contributed by atoms with Crippen molar-refractivity contribution in [2.75, 3.05) is 0 Å². The van der Waals surface area contributed by atoms with E-state index in [1.165, 1.54) is 0 Å². The Morgan fingerprint density at radius 3 is 2.84 bits per heavy atom.